The van der Waals surface area contributed by atoms with E-state index in [1.165, 1.54) is 12.8 Å². The smallest absolute Gasteiger partial charge is 0.161 e. The number of unbranched alkanes of at least 4 members (excludes halogenated alkanes) is 1. The molecule has 1 saturated heterocycles. The zero-order valence-corrected chi connectivity index (χ0v) is 19.7. The number of benzene rings is 1. The van der Waals surface area contributed by atoms with E-state index in [0.29, 0.717) is 19.5 Å². The Hall–Kier alpha value is -1.63. The lowest BCUT2D eigenvalue weighted by atomic mass is 9.72. The lowest BCUT2D eigenvalue weighted by molar-refractivity contribution is -0.119. The number of methoxy groups -OCH3 is 1. The van der Waals surface area contributed by atoms with Crippen LogP contribution < -0.4 is 14.9 Å². The Morgan fingerprint density at radius 1 is 1.32 bits per heavy atom. The van der Waals surface area contributed by atoms with Crippen molar-refractivity contribution in [2.45, 2.75) is 83.8 Å². The average molecular weight is 433 g/mol. The molecule has 6 heteroatoms. The van der Waals surface area contributed by atoms with Gasteiger partial charge >= 0.3 is 0 Å². The number of ether oxygens (including phenoxy) is 2. The largest absolute Gasteiger partial charge is 0.493 e. The molecule has 1 aliphatic carbocycles. The molecule has 1 heterocycles. The van der Waals surface area contributed by atoms with Crippen molar-refractivity contribution in [3.63, 3.8) is 0 Å². The van der Waals surface area contributed by atoms with E-state index in [4.69, 9.17) is 9.47 Å². The fraction of sp³-hybridized carbons (Fsp3) is 0.720. The van der Waals surface area contributed by atoms with Crippen molar-refractivity contribution in [1.82, 2.24) is 10.4 Å². The number of aliphatic hydroxyl groups is 1. The van der Waals surface area contributed by atoms with Crippen molar-refractivity contribution in [3.05, 3.63) is 23.8 Å². The molecule has 0 bridgehead atoms. The van der Waals surface area contributed by atoms with E-state index in [9.17, 15) is 9.90 Å². The van der Waals surface area contributed by atoms with Crippen LogP contribution in [0, 0.1) is 5.41 Å². The predicted octanol–water partition coefficient (Wildman–Crippen LogP) is 4.07. The van der Waals surface area contributed by atoms with Crippen molar-refractivity contribution >= 4 is 5.78 Å². The molecule has 1 saturated carbocycles. The summed E-state index contributed by atoms with van der Waals surface area (Å²) in [5.74, 6) is 1.90. The first-order chi connectivity index (χ1) is 14.9. The highest BCUT2D eigenvalue weighted by atomic mass is 16.5. The van der Waals surface area contributed by atoms with E-state index >= 15 is 0 Å². The summed E-state index contributed by atoms with van der Waals surface area (Å²) in [4.78, 5) is 12.1. The van der Waals surface area contributed by atoms with E-state index in [1.807, 2.05) is 13.0 Å². The third-order valence-corrected chi connectivity index (χ3v) is 7.18. The molecule has 0 aromatic heterocycles. The van der Waals surface area contributed by atoms with Crippen LogP contribution in [0.15, 0.2) is 18.2 Å². The number of carbonyl (C=O) groups is 1. The first-order valence-corrected chi connectivity index (χ1v) is 11.9. The minimum absolute atomic E-state index is 0.113. The summed E-state index contributed by atoms with van der Waals surface area (Å²) in [5, 5.41) is 12.8. The van der Waals surface area contributed by atoms with Crippen LogP contribution in [-0.4, -0.2) is 54.9 Å². The number of nitrogens with one attached hydrogen (secondary N) is 1. The standard InChI is InChI=1S/C25H40N2O4/c1-5-6-9-20(29)15-26-27-16-22(25(3,17-27)18(2)28)19-12-13-23(30-4)24(14-19)31-21-10-7-8-11-21/h12-14,18,21-22,26,28H,5-11,15-17H2,1-4H3/t18-,22+,25+/m1/s1. The number of aliphatic hydroxyl groups excluding tert-OH is 1. The number of rotatable bonds is 11. The monoisotopic (exact) mass is 432 g/mol. The molecule has 3 atom stereocenters. The molecule has 0 spiro atoms. The quantitative estimate of drug-likeness (QED) is 0.549. The maximum Gasteiger partial charge on any atom is 0.161 e. The number of hydrogen-bond acceptors (Lipinski definition) is 6. The Kier molecular flexibility index (Phi) is 8.36. The van der Waals surface area contributed by atoms with Crippen LogP contribution in [0.1, 0.15) is 77.2 Å². The highest BCUT2D eigenvalue weighted by Crippen LogP contribution is 2.46. The van der Waals surface area contributed by atoms with Gasteiger partial charge in [-0.15, -0.1) is 0 Å². The Morgan fingerprint density at radius 2 is 2.06 bits per heavy atom. The van der Waals surface area contributed by atoms with E-state index < -0.39 is 6.10 Å². The number of hydrazine groups is 1. The van der Waals surface area contributed by atoms with Crippen molar-refractivity contribution in [2.75, 3.05) is 26.7 Å². The maximum atomic E-state index is 12.1. The fourth-order valence-corrected chi connectivity index (χ4v) is 4.90. The molecule has 2 fully saturated rings. The molecule has 1 aliphatic heterocycles. The van der Waals surface area contributed by atoms with Crippen LogP contribution >= 0.6 is 0 Å². The lowest BCUT2D eigenvalue weighted by Gasteiger charge is -2.34. The van der Waals surface area contributed by atoms with Gasteiger partial charge in [0.15, 0.2) is 11.5 Å². The zero-order valence-electron chi connectivity index (χ0n) is 19.7. The fourth-order valence-electron chi connectivity index (χ4n) is 4.90. The molecule has 0 radical (unpaired) electrons. The lowest BCUT2D eigenvalue weighted by Crippen LogP contribution is -2.42. The van der Waals surface area contributed by atoms with Crippen LogP contribution in [0.3, 0.4) is 0 Å². The molecular formula is C25H40N2O4. The molecule has 2 aliphatic rings. The normalized spacial score (nSPS) is 25.6. The van der Waals surface area contributed by atoms with Gasteiger partial charge in [0.1, 0.15) is 5.78 Å². The topological polar surface area (TPSA) is 71.0 Å². The third kappa shape index (κ3) is 5.79. The first kappa shape index (κ1) is 24.0. The summed E-state index contributed by atoms with van der Waals surface area (Å²) < 4.78 is 11.9. The highest BCUT2D eigenvalue weighted by Gasteiger charge is 2.47. The molecular weight excluding hydrogens is 392 g/mol. The molecule has 6 nitrogen and oxygen atoms in total. The summed E-state index contributed by atoms with van der Waals surface area (Å²) in [6.07, 6.45) is 6.96. The van der Waals surface area contributed by atoms with Gasteiger partial charge < -0.3 is 14.6 Å². The third-order valence-electron chi connectivity index (χ3n) is 7.18. The number of hydrogen-bond donors (Lipinski definition) is 2. The Bertz CT molecular complexity index is 732. The van der Waals surface area contributed by atoms with Gasteiger partial charge in [0.05, 0.1) is 25.9 Å². The molecule has 1 aromatic rings. The maximum absolute atomic E-state index is 12.1. The summed E-state index contributed by atoms with van der Waals surface area (Å²) in [7, 11) is 1.67. The number of ketones is 1. The number of nitrogens with zero attached hydrogens (tertiary/aromatic N) is 1. The van der Waals surface area contributed by atoms with Crippen molar-refractivity contribution in [3.8, 4) is 11.5 Å². The minimum atomic E-state index is -0.485. The number of Topliss-reactive ketones (excluding diaryl/α,β-unsaturated/α-hetero) is 1. The zero-order chi connectivity index (χ0) is 22.4. The van der Waals surface area contributed by atoms with Gasteiger partial charge in [0.2, 0.25) is 0 Å². The molecule has 3 rings (SSSR count). The summed E-state index contributed by atoms with van der Waals surface area (Å²) in [6, 6.07) is 6.16. The van der Waals surface area contributed by atoms with E-state index in [2.05, 4.69) is 36.4 Å². The minimum Gasteiger partial charge on any atom is -0.493 e. The van der Waals surface area contributed by atoms with Crippen LogP contribution in [0.5, 0.6) is 11.5 Å². The Labute approximate surface area is 187 Å². The van der Waals surface area contributed by atoms with Gasteiger partial charge in [-0.05, 0) is 56.7 Å². The average Bonchev–Trinajstić information content (AvgIpc) is 3.39. The van der Waals surface area contributed by atoms with Crippen molar-refractivity contribution in [2.24, 2.45) is 5.41 Å². The van der Waals surface area contributed by atoms with E-state index in [1.54, 1.807) is 7.11 Å². The van der Waals surface area contributed by atoms with Gasteiger partial charge in [0.25, 0.3) is 0 Å². The van der Waals surface area contributed by atoms with Gasteiger partial charge in [-0.2, -0.15) is 0 Å². The van der Waals surface area contributed by atoms with Gasteiger partial charge in [-0.25, -0.2) is 10.4 Å². The van der Waals surface area contributed by atoms with Crippen LogP contribution in [0.4, 0.5) is 0 Å². The van der Waals surface area contributed by atoms with E-state index in [-0.39, 0.29) is 23.2 Å². The summed E-state index contributed by atoms with van der Waals surface area (Å²) in [5.41, 5.74) is 4.12. The summed E-state index contributed by atoms with van der Waals surface area (Å²) in [6.45, 7) is 7.85. The van der Waals surface area contributed by atoms with Crippen LogP contribution in [-0.2, 0) is 4.79 Å². The highest BCUT2D eigenvalue weighted by molar-refractivity contribution is 5.80. The number of carbonyl (C=O) groups excluding carboxylic acids is 1. The molecule has 31 heavy (non-hydrogen) atoms. The molecule has 174 valence electrons. The molecule has 1 aromatic carbocycles. The van der Waals surface area contributed by atoms with E-state index in [0.717, 1.165) is 49.3 Å². The Balaban J connectivity index is 1.76. The molecule has 0 amide bonds. The van der Waals surface area contributed by atoms with Gasteiger partial charge in [0, 0.05) is 30.8 Å². The van der Waals surface area contributed by atoms with Crippen molar-refractivity contribution in [1.29, 1.82) is 0 Å². The first-order valence-electron chi connectivity index (χ1n) is 11.9. The second kappa shape index (κ2) is 10.8. The molecule has 0 unspecified atom stereocenters. The predicted molar refractivity (Wildman–Crippen MR) is 123 cm³/mol. The Morgan fingerprint density at radius 3 is 2.71 bits per heavy atom. The van der Waals surface area contributed by atoms with Gasteiger partial charge in [-0.3, -0.25) is 4.79 Å². The van der Waals surface area contributed by atoms with Crippen LogP contribution in [0.2, 0.25) is 0 Å². The summed E-state index contributed by atoms with van der Waals surface area (Å²) >= 11 is 0. The SMILES string of the molecule is CCCCC(=O)CNN1C[C@@H](c2ccc(OC)c(OC3CCCC3)c2)[C@](C)([C@@H](C)O)C1. The van der Waals surface area contributed by atoms with Gasteiger partial charge in [-0.1, -0.05) is 26.3 Å². The second-order valence-corrected chi connectivity index (χ2v) is 9.53. The van der Waals surface area contributed by atoms with Crippen molar-refractivity contribution < 1.29 is 19.4 Å². The van der Waals surface area contributed by atoms with Crippen LogP contribution in [0.25, 0.3) is 0 Å². The molecule has 2 N–H and O–H groups in total. The second-order valence-electron chi connectivity index (χ2n) is 9.53.